The first-order chi connectivity index (χ1) is 12.1. The quantitative estimate of drug-likeness (QED) is 0.545. The second-order valence-electron chi connectivity index (χ2n) is 7.91. The Hall–Kier alpha value is -2.09. The first-order valence-electron chi connectivity index (χ1n) is 9.68. The van der Waals surface area contributed by atoms with Crippen LogP contribution in [0.4, 0.5) is 0 Å². The van der Waals surface area contributed by atoms with Crippen LogP contribution in [0.1, 0.15) is 62.6 Å². The van der Waals surface area contributed by atoms with Gasteiger partial charge in [-0.25, -0.2) is 9.13 Å². The average molecular weight is 333 g/mol. The lowest BCUT2D eigenvalue weighted by Crippen LogP contribution is -2.31. The van der Waals surface area contributed by atoms with Crippen molar-refractivity contribution in [2.24, 2.45) is 7.05 Å². The van der Waals surface area contributed by atoms with Crippen molar-refractivity contribution in [3.8, 4) is 11.4 Å². The van der Waals surface area contributed by atoms with Gasteiger partial charge in [0.05, 0.1) is 12.6 Å². The van der Waals surface area contributed by atoms with Gasteiger partial charge < -0.3 is 0 Å². The number of imidazole rings is 1. The van der Waals surface area contributed by atoms with Gasteiger partial charge >= 0.3 is 0 Å². The zero-order chi connectivity index (χ0) is 17.6. The molecule has 0 bridgehead atoms. The van der Waals surface area contributed by atoms with E-state index in [1.807, 2.05) is 0 Å². The Bertz CT molecular complexity index is 911. The van der Waals surface area contributed by atoms with Gasteiger partial charge in [-0.05, 0) is 67.9 Å². The fraction of sp³-hybridized carbons (Fsp3) is 0.435. The highest BCUT2D eigenvalue weighted by Gasteiger charge is 2.32. The maximum atomic E-state index is 2.62. The Balaban J connectivity index is 1.98. The van der Waals surface area contributed by atoms with E-state index in [-0.39, 0.29) is 0 Å². The summed E-state index contributed by atoms with van der Waals surface area (Å²) in [7, 11) is 2.22. The average Bonchev–Trinajstić information content (AvgIpc) is 3.22. The van der Waals surface area contributed by atoms with E-state index in [1.54, 1.807) is 0 Å². The highest BCUT2D eigenvalue weighted by molar-refractivity contribution is 5.77. The number of aryl methyl sites for hydroxylation is 2. The topological polar surface area (TPSA) is 8.81 Å². The van der Waals surface area contributed by atoms with Gasteiger partial charge in [0.2, 0.25) is 0 Å². The van der Waals surface area contributed by atoms with Crippen molar-refractivity contribution in [3.63, 3.8) is 0 Å². The Labute approximate surface area is 151 Å². The zero-order valence-electron chi connectivity index (χ0n) is 15.9. The predicted molar refractivity (Wildman–Crippen MR) is 105 cm³/mol. The molecule has 2 nitrogen and oxygen atoms in total. The lowest BCUT2D eigenvalue weighted by atomic mass is 9.97. The summed E-state index contributed by atoms with van der Waals surface area (Å²) in [5.74, 6) is 1.93. The molecule has 0 amide bonds. The van der Waals surface area contributed by atoms with E-state index in [0.717, 1.165) is 0 Å². The number of benzene rings is 2. The van der Waals surface area contributed by atoms with E-state index in [4.69, 9.17) is 0 Å². The summed E-state index contributed by atoms with van der Waals surface area (Å²) in [6.45, 7) is 6.80. The molecule has 1 aliphatic carbocycles. The molecule has 0 saturated heterocycles. The van der Waals surface area contributed by atoms with Gasteiger partial charge in [0, 0.05) is 0 Å². The molecule has 0 spiro atoms. The normalized spacial score (nSPS) is 15.6. The number of aromatic nitrogens is 2. The largest absolute Gasteiger partial charge is 0.290 e. The number of rotatable bonds is 3. The lowest BCUT2D eigenvalue weighted by Gasteiger charge is -2.13. The van der Waals surface area contributed by atoms with Gasteiger partial charge in [-0.3, -0.25) is 0 Å². The van der Waals surface area contributed by atoms with Gasteiger partial charge in [-0.2, -0.15) is 0 Å². The van der Waals surface area contributed by atoms with Crippen molar-refractivity contribution in [1.29, 1.82) is 0 Å². The lowest BCUT2D eigenvalue weighted by molar-refractivity contribution is -0.634. The maximum absolute atomic E-state index is 2.62. The van der Waals surface area contributed by atoms with E-state index in [0.29, 0.717) is 12.0 Å². The monoisotopic (exact) mass is 333 g/mol. The Morgan fingerprint density at radius 1 is 1.04 bits per heavy atom. The third-order valence-electron chi connectivity index (χ3n) is 5.90. The zero-order valence-corrected chi connectivity index (χ0v) is 15.9. The summed E-state index contributed by atoms with van der Waals surface area (Å²) in [5, 5.41) is 0. The second-order valence-corrected chi connectivity index (χ2v) is 7.91. The molecule has 1 aliphatic rings. The smallest absolute Gasteiger partial charge is 0.226 e. The molecule has 2 aromatic carbocycles. The molecule has 0 unspecified atom stereocenters. The molecular weight excluding hydrogens is 304 g/mol. The first-order valence-corrected chi connectivity index (χ1v) is 9.68. The molecule has 0 atom stereocenters. The molecule has 0 N–H and O–H groups in total. The van der Waals surface area contributed by atoms with Crippen molar-refractivity contribution < 1.29 is 4.57 Å². The van der Waals surface area contributed by atoms with Crippen LogP contribution in [0.15, 0.2) is 42.5 Å². The van der Waals surface area contributed by atoms with Gasteiger partial charge in [-0.1, -0.05) is 38.1 Å². The van der Waals surface area contributed by atoms with Crippen LogP contribution in [0.3, 0.4) is 0 Å². The summed E-state index contributed by atoms with van der Waals surface area (Å²) in [6, 6.07) is 16.5. The molecule has 4 rings (SSSR count). The van der Waals surface area contributed by atoms with E-state index < -0.39 is 0 Å². The number of hydrogen-bond acceptors (Lipinski definition) is 0. The van der Waals surface area contributed by atoms with Crippen LogP contribution in [0.2, 0.25) is 0 Å². The van der Waals surface area contributed by atoms with Crippen LogP contribution in [0.5, 0.6) is 0 Å². The summed E-state index contributed by atoms with van der Waals surface area (Å²) in [4.78, 5) is 0. The first kappa shape index (κ1) is 16.4. The number of nitrogens with zero attached hydrogens (tertiary/aromatic N) is 2. The van der Waals surface area contributed by atoms with Gasteiger partial charge in [0.25, 0.3) is 5.82 Å². The highest BCUT2D eigenvalue weighted by atomic mass is 15.2. The van der Waals surface area contributed by atoms with Crippen LogP contribution >= 0.6 is 0 Å². The van der Waals surface area contributed by atoms with Crippen molar-refractivity contribution in [1.82, 2.24) is 4.57 Å². The van der Waals surface area contributed by atoms with E-state index >= 15 is 0 Å². The van der Waals surface area contributed by atoms with Gasteiger partial charge in [0.1, 0.15) is 6.04 Å². The number of para-hydroxylation sites is 2. The molecule has 1 aromatic heterocycles. The van der Waals surface area contributed by atoms with Crippen molar-refractivity contribution in [2.75, 3.05) is 0 Å². The summed E-state index contributed by atoms with van der Waals surface area (Å²) >= 11 is 0. The molecule has 2 heteroatoms. The summed E-state index contributed by atoms with van der Waals surface area (Å²) in [6.07, 6.45) is 5.31. The minimum absolute atomic E-state index is 0.571. The number of hydrogen-bond donors (Lipinski definition) is 0. The van der Waals surface area contributed by atoms with Crippen molar-refractivity contribution in [3.05, 3.63) is 53.6 Å². The standard InChI is InChI=1S/C23H29N2/c1-16(2)18-13-14-20(17(3)15-18)23-24(4)21-11-7-8-12-22(21)25(23)19-9-5-6-10-19/h7-8,11-16,19H,5-6,9-10H2,1-4H3/q+1. The Morgan fingerprint density at radius 2 is 1.76 bits per heavy atom. The molecule has 25 heavy (non-hydrogen) atoms. The van der Waals surface area contributed by atoms with Gasteiger partial charge in [0.15, 0.2) is 11.0 Å². The van der Waals surface area contributed by atoms with E-state index in [1.165, 1.54) is 59.2 Å². The Morgan fingerprint density at radius 3 is 2.44 bits per heavy atom. The van der Waals surface area contributed by atoms with Gasteiger partial charge in [-0.15, -0.1) is 0 Å². The van der Waals surface area contributed by atoms with Crippen LogP contribution in [0, 0.1) is 6.92 Å². The minimum Gasteiger partial charge on any atom is -0.226 e. The summed E-state index contributed by atoms with van der Waals surface area (Å²) in [5.41, 5.74) is 6.88. The molecule has 0 radical (unpaired) electrons. The maximum Gasteiger partial charge on any atom is 0.290 e. The van der Waals surface area contributed by atoms with Crippen molar-refractivity contribution >= 4 is 11.0 Å². The third-order valence-corrected chi connectivity index (χ3v) is 5.90. The molecule has 1 saturated carbocycles. The molecule has 130 valence electrons. The second kappa shape index (κ2) is 6.33. The fourth-order valence-corrected chi connectivity index (χ4v) is 4.48. The highest BCUT2D eigenvalue weighted by Crippen LogP contribution is 2.37. The van der Waals surface area contributed by atoms with E-state index in [2.05, 4.69) is 79.4 Å². The molecule has 0 aliphatic heterocycles. The predicted octanol–water partition coefficient (Wildman–Crippen LogP) is 5.68. The van der Waals surface area contributed by atoms with E-state index in [9.17, 15) is 0 Å². The van der Waals surface area contributed by atoms with Crippen molar-refractivity contribution in [2.45, 2.75) is 58.4 Å². The molecule has 3 aromatic rings. The fourth-order valence-electron chi connectivity index (χ4n) is 4.48. The van der Waals surface area contributed by atoms with Crippen LogP contribution in [-0.4, -0.2) is 4.57 Å². The number of fused-ring (bicyclic) bond motifs is 1. The van der Waals surface area contributed by atoms with Crippen LogP contribution < -0.4 is 4.57 Å². The van der Waals surface area contributed by atoms with Crippen LogP contribution in [0.25, 0.3) is 22.4 Å². The molecule has 1 fully saturated rings. The third kappa shape index (κ3) is 2.68. The SMILES string of the molecule is Cc1cc(C(C)C)ccc1-c1n(C2CCCC2)c2ccccc2[n+]1C. The minimum atomic E-state index is 0.571. The summed E-state index contributed by atoms with van der Waals surface area (Å²) < 4.78 is 5.02. The Kier molecular flexibility index (Phi) is 4.15. The molecule has 1 heterocycles. The molecular formula is C23H29N2+. The van der Waals surface area contributed by atoms with Crippen LogP contribution in [-0.2, 0) is 7.05 Å².